The van der Waals surface area contributed by atoms with Crippen molar-refractivity contribution in [1.82, 2.24) is 9.71 Å². The van der Waals surface area contributed by atoms with Gasteiger partial charge in [0.05, 0.1) is 0 Å². The highest BCUT2D eigenvalue weighted by molar-refractivity contribution is 7.89. The van der Waals surface area contributed by atoms with E-state index in [1.807, 2.05) is 17.5 Å². The van der Waals surface area contributed by atoms with E-state index in [0.717, 1.165) is 10.4 Å². The highest BCUT2D eigenvalue weighted by Gasteiger charge is 2.14. The number of thiophene rings is 1. The van der Waals surface area contributed by atoms with Crippen LogP contribution in [0.2, 0.25) is 0 Å². The molecule has 0 saturated carbocycles. The van der Waals surface area contributed by atoms with Crippen LogP contribution in [0.25, 0.3) is 0 Å². The Bertz CT molecular complexity index is 607. The number of nitrogens with two attached hydrogens (primary N) is 1. The highest BCUT2D eigenvalue weighted by atomic mass is 32.2. The summed E-state index contributed by atoms with van der Waals surface area (Å²) in [6.07, 6.45) is 2.16. The quantitative estimate of drug-likeness (QED) is 0.837. The monoisotopic (exact) mass is 297 g/mol. The molecule has 2 aromatic heterocycles. The molecule has 19 heavy (non-hydrogen) atoms. The van der Waals surface area contributed by atoms with E-state index in [1.54, 1.807) is 17.4 Å². The summed E-state index contributed by atoms with van der Waals surface area (Å²) in [6.45, 7) is 0.711. The highest BCUT2D eigenvalue weighted by Crippen LogP contribution is 2.10. The number of aromatic nitrogens is 1. The minimum atomic E-state index is -3.54. The predicted octanol–water partition coefficient (Wildman–Crippen LogP) is 1.12. The smallest absolute Gasteiger partial charge is 0.258 e. The van der Waals surface area contributed by atoms with Gasteiger partial charge in [0.2, 0.25) is 0 Å². The number of rotatable bonds is 6. The summed E-state index contributed by atoms with van der Waals surface area (Å²) in [6, 6.07) is 7.06. The van der Waals surface area contributed by atoms with Crippen molar-refractivity contribution >= 4 is 21.4 Å². The first-order valence-electron chi connectivity index (χ1n) is 5.79. The molecule has 102 valence electrons. The SMILES string of the molecule is NCc1ccc(S(=O)(=O)NCCc2cccs2)nc1. The fourth-order valence-corrected chi connectivity index (χ4v) is 3.19. The zero-order valence-corrected chi connectivity index (χ0v) is 11.9. The lowest BCUT2D eigenvalue weighted by atomic mass is 10.3. The van der Waals surface area contributed by atoms with Gasteiger partial charge in [0.1, 0.15) is 0 Å². The number of nitrogens with zero attached hydrogens (tertiary/aromatic N) is 1. The summed E-state index contributed by atoms with van der Waals surface area (Å²) in [4.78, 5) is 5.06. The molecule has 2 rings (SSSR count). The minimum Gasteiger partial charge on any atom is -0.326 e. The van der Waals surface area contributed by atoms with Crippen molar-refractivity contribution < 1.29 is 8.42 Å². The van der Waals surface area contributed by atoms with Crippen LogP contribution in [0.4, 0.5) is 0 Å². The topological polar surface area (TPSA) is 85.1 Å². The summed E-state index contributed by atoms with van der Waals surface area (Å²) in [7, 11) is -3.54. The number of hydrogen-bond acceptors (Lipinski definition) is 5. The molecule has 0 unspecified atom stereocenters. The second kappa shape index (κ2) is 6.25. The Labute approximate surface area is 116 Å². The molecule has 0 fully saturated rings. The molecule has 0 spiro atoms. The molecule has 0 amide bonds. The predicted molar refractivity (Wildman–Crippen MR) is 75.3 cm³/mol. The van der Waals surface area contributed by atoms with E-state index >= 15 is 0 Å². The number of hydrogen-bond donors (Lipinski definition) is 2. The van der Waals surface area contributed by atoms with Crippen LogP contribution in [-0.2, 0) is 23.0 Å². The molecule has 0 saturated heterocycles. The summed E-state index contributed by atoms with van der Waals surface area (Å²) < 4.78 is 26.5. The number of nitrogens with one attached hydrogen (secondary N) is 1. The van der Waals surface area contributed by atoms with Gasteiger partial charge < -0.3 is 5.73 Å². The second-order valence-corrected chi connectivity index (χ2v) is 6.68. The van der Waals surface area contributed by atoms with Crippen molar-refractivity contribution in [1.29, 1.82) is 0 Å². The first-order valence-corrected chi connectivity index (χ1v) is 8.15. The van der Waals surface area contributed by atoms with Gasteiger partial charge in [-0.2, -0.15) is 0 Å². The lowest BCUT2D eigenvalue weighted by molar-refractivity contribution is 0.578. The molecule has 0 radical (unpaired) electrons. The first-order chi connectivity index (χ1) is 9.12. The van der Waals surface area contributed by atoms with E-state index in [-0.39, 0.29) is 5.03 Å². The van der Waals surface area contributed by atoms with Gasteiger partial charge in [-0.3, -0.25) is 0 Å². The van der Waals surface area contributed by atoms with E-state index in [2.05, 4.69) is 9.71 Å². The van der Waals surface area contributed by atoms with Crippen molar-refractivity contribution in [2.24, 2.45) is 5.73 Å². The van der Waals surface area contributed by atoms with Gasteiger partial charge in [-0.1, -0.05) is 12.1 Å². The molecule has 2 aromatic rings. The molecule has 0 aliphatic rings. The van der Waals surface area contributed by atoms with Crippen LogP contribution in [0.3, 0.4) is 0 Å². The average Bonchev–Trinajstić information content (AvgIpc) is 2.92. The lowest BCUT2D eigenvalue weighted by Gasteiger charge is -2.05. The van der Waals surface area contributed by atoms with Crippen LogP contribution in [0.15, 0.2) is 40.9 Å². The lowest BCUT2D eigenvalue weighted by Crippen LogP contribution is -2.26. The average molecular weight is 297 g/mol. The summed E-state index contributed by atoms with van der Waals surface area (Å²) >= 11 is 1.61. The van der Waals surface area contributed by atoms with Gasteiger partial charge in [-0.15, -0.1) is 11.3 Å². The Morgan fingerprint density at radius 3 is 2.74 bits per heavy atom. The van der Waals surface area contributed by atoms with Crippen LogP contribution >= 0.6 is 11.3 Å². The third-order valence-corrected chi connectivity index (χ3v) is 4.86. The Balaban J connectivity index is 1.97. The Morgan fingerprint density at radius 1 is 1.32 bits per heavy atom. The van der Waals surface area contributed by atoms with Crippen molar-refractivity contribution in [3.05, 3.63) is 46.3 Å². The van der Waals surface area contributed by atoms with Crippen molar-refractivity contribution in [3.8, 4) is 0 Å². The second-order valence-electron chi connectivity index (χ2n) is 3.94. The van der Waals surface area contributed by atoms with E-state index in [9.17, 15) is 8.42 Å². The largest absolute Gasteiger partial charge is 0.326 e. The van der Waals surface area contributed by atoms with Crippen molar-refractivity contribution in [2.75, 3.05) is 6.54 Å². The van der Waals surface area contributed by atoms with Gasteiger partial charge in [-0.05, 0) is 29.5 Å². The number of sulfonamides is 1. The molecule has 7 heteroatoms. The van der Waals surface area contributed by atoms with Crippen molar-refractivity contribution in [2.45, 2.75) is 18.0 Å². The van der Waals surface area contributed by atoms with Crippen molar-refractivity contribution in [3.63, 3.8) is 0 Å². The molecule has 5 nitrogen and oxygen atoms in total. The van der Waals surface area contributed by atoms with E-state index in [4.69, 9.17) is 5.73 Å². The van der Waals surface area contributed by atoms with E-state index in [0.29, 0.717) is 19.5 Å². The van der Waals surface area contributed by atoms with Gasteiger partial charge in [-0.25, -0.2) is 18.1 Å². The zero-order valence-electron chi connectivity index (χ0n) is 10.2. The van der Waals surface area contributed by atoms with Crippen LogP contribution in [0.1, 0.15) is 10.4 Å². The third kappa shape index (κ3) is 3.84. The van der Waals surface area contributed by atoms with E-state index in [1.165, 1.54) is 12.3 Å². The number of pyridine rings is 1. The van der Waals surface area contributed by atoms with Gasteiger partial charge in [0, 0.05) is 24.2 Å². The molecule has 0 bridgehead atoms. The summed E-state index contributed by atoms with van der Waals surface area (Å²) in [5.41, 5.74) is 6.24. The third-order valence-electron chi connectivity index (χ3n) is 2.55. The fourth-order valence-electron chi connectivity index (χ4n) is 1.53. The van der Waals surface area contributed by atoms with Crippen LogP contribution < -0.4 is 10.5 Å². The summed E-state index contributed by atoms with van der Waals surface area (Å²) in [5.74, 6) is 0. The molecule has 0 aliphatic carbocycles. The standard InChI is InChI=1S/C12H15N3O2S2/c13-8-10-3-4-12(14-9-10)19(16,17)15-6-5-11-2-1-7-18-11/h1-4,7,9,15H,5-6,8,13H2. The molecular weight excluding hydrogens is 282 g/mol. The normalized spacial score (nSPS) is 11.6. The fraction of sp³-hybridized carbons (Fsp3) is 0.250. The zero-order chi connectivity index (χ0) is 13.7. The maximum absolute atomic E-state index is 12.0. The Kier molecular flexibility index (Phi) is 4.65. The van der Waals surface area contributed by atoms with Gasteiger partial charge >= 0.3 is 0 Å². The maximum Gasteiger partial charge on any atom is 0.258 e. The summed E-state index contributed by atoms with van der Waals surface area (Å²) in [5, 5.41) is 1.99. The Hall–Kier alpha value is -1.28. The molecule has 0 atom stereocenters. The maximum atomic E-state index is 12.0. The molecular formula is C12H15N3O2S2. The van der Waals surface area contributed by atoms with Crippen LogP contribution in [-0.4, -0.2) is 19.9 Å². The minimum absolute atomic E-state index is 0.0240. The van der Waals surface area contributed by atoms with Crippen LogP contribution in [0.5, 0.6) is 0 Å². The Morgan fingerprint density at radius 2 is 2.16 bits per heavy atom. The van der Waals surface area contributed by atoms with E-state index < -0.39 is 10.0 Å². The van der Waals surface area contributed by atoms with Gasteiger partial charge in [0.25, 0.3) is 10.0 Å². The van der Waals surface area contributed by atoms with Gasteiger partial charge in [0.15, 0.2) is 5.03 Å². The molecule has 0 aliphatic heterocycles. The molecule has 3 N–H and O–H groups in total. The molecule has 0 aromatic carbocycles. The van der Waals surface area contributed by atoms with Crippen LogP contribution in [0, 0.1) is 0 Å². The first kappa shape index (κ1) is 14.1. The molecule has 2 heterocycles.